The molecular formula is C11H23NS. The van der Waals surface area contributed by atoms with E-state index in [1.54, 1.807) is 0 Å². The van der Waals surface area contributed by atoms with Crippen LogP contribution in [0, 0.1) is 5.92 Å². The molecule has 0 spiro atoms. The molecule has 0 aliphatic carbocycles. The minimum absolute atomic E-state index is 0.776. The van der Waals surface area contributed by atoms with Gasteiger partial charge in [-0.25, -0.2) is 0 Å². The van der Waals surface area contributed by atoms with Gasteiger partial charge in [0, 0.05) is 6.04 Å². The van der Waals surface area contributed by atoms with Crippen LogP contribution in [0.25, 0.3) is 0 Å². The van der Waals surface area contributed by atoms with Gasteiger partial charge in [0.1, 0.15) is 0 Å². The molecule has 1 atom stereocenters. The van der Waals surface area contributed by atoms with Crippen LogP contribution in [0.3, 0.4) is 0 Å². The van der Waals surface area contributed by atoms with Gasteiger partial charge >= 0.3 is 0 Å². The minimum Gasteiger partial charge on any atom is -0.317 e. The summed E-state index contributed by atoms with van der Waals surface area (Å²) in [6.45, 7) is 2.28. The number of rotatable bonds is 5. The first-order valence-corrected chi connectivity index (χ1v) is 6.77. The fourth-order valence-corrected chi connectivity index (χ4v) is 3.32. The Hall–Kier alpha value is 0.310. The molecule has 13 heavy (non-hydrogen) atoms. The number of hydrogen-bond donors (Lipinski definition) is 1. The standard InChI is InChI=1S/C11H23NS/c1-3-4-11(12-2)9-10-5-7-13-8-6-10/h10-12H,3-9H2,1-2H3. The third kappa shape index (κ3) is 4.37. The first-order valence-electron chi connectivity index (χ1n) is 5.61. The summed E-state index contributed by atoms with van der Waals surface area (Å²) in [4.78, 5) is 0. The molecule has 0 amide bonds. The van der Waals surface area contributed by atoms with E-state index in [1.807, 2.05) is 0 Å². The summed E-state index contributed by atoms with van der Waals surface area (Å²) in [5.41, 5.74) is 0. The minimum atomic E-state index is 0.776. The van der Waals surface area contributed by atoms with E-state index in [9.17, 15) is 0 Å². The van der Waals surface area contributed by atoms with Gasteiger partial charge in [0.15, 0.2) is 0 Å². The average Bonchev–Trinajstić information content (AvgIpc) is 2.19. The molecule has 0 aromatic carbocycles. The topological polar surface area (TPSA) is 12.0 Å². The summed E-state index contributed by atoms with van der Waals surface area (Å²) in [7, 11) is 2.11. The van der Waals surface area contributed by atoms with Crippen LogP contribution in [0.4, 0.5) is 0 Å². The SMILES string of the molecule is CCCC(CC1CCSCC1)NC. The molecule has 1 fully saturated rings. The Morgan fingerprint density at radius 3 is 2.62 bits per heavy atom. The summed E-state index contributed by atoms with van der Waals surface area (Å²) in [6.07, 6.45) is 6.97. The summed E-state index contributed by atoms with van der Waals surface area (Å²) in [5.74, 6) is 3.80. The maximum Gasteiger partial charge on any atom is 0.00666 e. The predicted molar refractivity (Wildman–Crippen MR) is 62.4 cm³/mol. The molecular weight excluding hydrogens is 178 g/mol. The largest absolute Gasteiger partial charge is 0.317 e. The summed E-state index contributed by atoms with van der Waals surface area (Å²) < 4.78 is 0. The zero-order valence-electron chi connectivity index (χ0n) is 9.01. The molecule has 0 bridgehead atoms. The van der Waals surface area contributed by atoms with Crippen LogP contribution in [-0.4, -0.2) is 24.6 Å². The van der Waals surface area contributed by atoms with Crippen LogP contribution in [-0.2, 0) is 0 Å². The second kappa shape index (κ2) is 6.72. The maximum atomic E-state index is 3.44. The van der Waals surface area contributed by atoms with Gasteiger partial charge in [0.05, 0.1) is 0 Å². The van der Waals surface area contributed by atoms with Crippen molar-refractivity contribution in [2.75, 3.05) is 18.6 Å². The average molecular weight is 201 g/mol. The van der Waals surface area contributed by atoms with Crippen LogP contribution in [0.1, 0.15) is 39.0 Å². The molecule has 0 saturated carbocycles. The van der Waals surface area contributed by atoms with Crippen molar-refractivity contribution in [3.63, 3.8) is 0 Å². The lowest BCUT2D eigenvalue weighted by Crippen LogP contribution is -2.28. The Labute approximate surface area is 87.1 Å². The van der Waals surface area contributed by atoms with E-state index in [-0.39, 0.29) is 0 Å². The quantitative estimate of drug-likeness (QED) is 0.734. The number of hydrogen-bond acceptors (Lipinski definition) is 2. The lowest BCUT2D eigenvalue weighted by atomic mass is 9.92. The predicted octanol–water partition coefficient (Wildman–Crippen LogP) is 2.91. The summed E-state index contributed by atoms with van der Waals surface area (Å²) >= 11 is 2.13. The third-order valence-electron chi connectivity index (χ3n) is 3.00. The fourth-order valence-electron chi connectivity index (χ4n) is 2.11. The lowest BCUT2D eigenvalue weighted by molar-refractivity contribution is 0.363. The second-order valence-corrected chi connectivity index (χ2v) is 5.29. The van der Waals surface area contributed by atoms with E-state index in [1.165, 1.54) is 43.6 Å². The Balaban J connectivity index is 2.18. The van der Waals surface area contributed by atoms with Crippen molar-refractivity contribution >= 4 is 11.8 Å². The summed E-state index contributed by atoms with van der Waals surface area (Å²) in [5, 5.41) is 3.44. The fraction of sp³-hybridized carbons (Fsp3) is 1.00. The van der Waals surface area contributed by atoms with Crippen LogP contribution in [0.5, 0.6) is 0 Å². The lowest BCUT2D eigenvalue weighted by Gasteiger charge is -2.25. The van der Waals surface area contributed by atoms with Crippen molar-refractivity contribution in [1.29, 1.82) is 0 Å². The highest BCUT2D eigenvalue weighted by molar-refractivity contribution is 7.99. The maximum absolute atomic E-state index is 3.44. The van der Waals surface area contributed by atoms with Crippen molar-refractivity contribution in [2.24, 2.45) is 5.92 Å². The van der Waals surface area contributed by atoms with Crippen LogP contribution >= 0.6 is 11.8 Å². The second-order valence-electron chi connectivity index (χ2n) is 4.07. The van der Waals surface area contributed by atoms with Crippen LogP contribution < -0.4 is 5.32 Å². The molecule has 0 radical (unpaired) electrons. The van der Waals surface area contributed by atoms with Gasteiger partial charge in [0.2, 0.25) is 0 Å². The van der Waals surface area contributed by atoms with Crippen molar-refractivity contribution in [2.45, 2.75) is 45.1 Å². The molecule has 0 aromatic heterocycles. The third-order valence-corrected chi connectivity index (χ3v) is 4.05. The normalized spacial score (nSPS) is 21.7. The first-order chi connectivity index (χ1) is 6.36. The Morgan fingerprint density at radius 2 is 2.08 bits per heavy atom. The van der Waals surface area contributed by atoms with Gasteiger partial charge in [0.25, 0.3) is 0 Å². The molecule has 1 aliphatic rings. The molecule has 0 aromatic rings. The van der Waals surface area contributed by atoms with Crippen LogP contribution in [0.15, 0.2) is 0 Å². The molecule has 1 saturated heterocycles. The van der Waals surface area contributed by atoms with E-state index in [4.69, 9.17) is 0 Å². The van der Waals surface area contributed by atoms with Gasteiger partial charge < -0.3 is 5.32 Å². The van der Waals surface area contributed by atoms with Gasteiger partial charge in [-0.15, -0.1) is 0 Å². The molecule has 1 N–H and O–H groups in total. The van der Waals surface area contributed by atoms with Gasteiger partial charge in [-0.1, -0.05) is 13.3 Å². The molecule has 2 heteroatoms. The van der Waals surface area contributed by atoms with E-state index in [0.29, 0.717) is 0 Å². The zero-order chi connectivity index (χ0) is 9.52. The van der Waals surface area contributed by atoms with Crippen LogP contribution in [0.2, 0.25) is 0 Å². The zero-order valence-corrected chi connectivity index (χ0v) is 9.83. The highest BCUT2D eigenvalue weighted by atomic mass is 32.2. The van der Waals surface area contributed by atoms with E-state index in [2.05, 4.69) is 31.1 Å². The number of nitrogens with one attached hydrogen (secondary N) is 1. The van der Waals surface area contributed by atoms with Crippen molar-refractivity contribution < 1.29 is 0 Å². The highest BCUT2D eigenvalue weighted by Gasteiger charge is 2.17. The molecule has 78 valence electrons. The Morgan fingerprint density at radius 1 is 1.38 bits per heavy atom. The molecule has 1 unspecified atom stereocenters. The van der Waals surface area contributed by atoms with E-state index in [0.717, 1.165) is 12.0 Å². The molecule has 1 heterocycles. The van der Waals surface area contributed by atoms with Crippen molar-refractivity contribution in [3.8, 4) is 0 Å². The van der Waals surface area contributed by atoms with Gasteiger partial charge in [-0.3, -0.25) is 0 Å². The van der Waals surface area contributed by atoms with E-state index >= 15 is 0 Å². The highest BCUT2D eigenvalue weighted by Crippen LogP contribution is 2.26. The first kappa shape index (κ1) is 11.4. The van der Waals surface area contributed by atoms with Crippen molar-refractivity contribution in [1.82, 2.24) is 5.32 Å². The van der Waals surface area contributed by atoms with Gasteiger partial charge in [-0.2, -0.15) is 11.8 Å². The monoisotopic (exact) mass is 201 g/mol. The number of thioether (sulfide) groups is 1. The molecule has 1 rings (SSSR count). The van der Waals surface area contributed by atoms with Crippen molar-refractivity contribution in [3.05, 3.63) is 0 Å². The smallest absolute Gasteiger partial charge is 0.00666 e. The van der Waals surface area contributed by atoms with E-state index < -0.39 is 0 Å². The molecule has 1 nitrogen and oxygen atoms in total. The summed E-state index contributed by atoms with van der Waals surface area (Å²) in [6, 6.07) is 0.776. The Bertz CT molecular complexity index is 119. The van der Waals surface area contributed by atoms with Gasteiger partial charge in [-0.05, 0) is 50.2 Å². The molecule has 1 aliphatic heterocycles. The Kier molecular flexibility index (Phi) is 5.88.